The normalized spacial score (nSPS) is 11.7. The minimum Gasteiger partial charge on any atom is -0.360 e. The first-order chi connectivity index (χ1) is 15.0. The molecule has 0 saturated heterocycles. The van der Waals surface area contributed by atoms with Crippen molar-refractivity contribution in [2.24, 2.45) is 0 Å². The number of anilines is 1. The Balaban J connectivity index is 1.68. The average molecular weight is 446 g/mol. The quantitative estimate of drug-likeness (QED) is 0.552. The molecule has 0 aliphatic rings. The molecule has 0 bridgehead atoms. The van der Waals surface area contributed by atoms with Crippen molar-refractivity contribution in [2.75, 3.05) is 11.9 Å². The van der Waals surface area contributed by atoms with Crippen molar-refractivity contribution in [3.8, 4) is 5.82 Å². The number of aryl methyl sites for hydroxylation is 2. The number of nitrogens with one attached hydrogen (secondary N) is 2. The molecule has 0 aliphatic carbocycles. The van der Waals surface area contributed by atoms with Gasteiger partial charge in [-0.25, -0.2) is 0 Å². The van der Waals surface area contributed by atoms with E-state index in [1.54, 1.807) is 24.4 Å². The molecule has 2 aromatic heterocycles. The number of hydrogen-bond donors (Lipinski definition) is 2. The molecule has 3 aromatic rings. The standard InChI is InChI=1S/C22H21F3N4O3/c1-13-9-16(15(3)29(13)19-10-14(2)32-28-19)7-8-20(30)27-18-6-4-5-17(11-18)21(31)26-12-22(23,24)25/h4-11H,12H2,1-3H3,(H,26,31)(H,27,30)/b8-7+. The minimum atomic E-state index is -4.51. The van der Waals surface area contributed by atoms with E-state index in [9.17, 15) is 22.8 Å². The predicted octanol–water partition coefficient (Wildman–Crippen LogP) is 4.33. The molecule has 0 atom stereocenters. The molecule has 0 saturated carbocycles. The van der Waals surface area contributed by atoms with Crippen molar-refractivity contribution in [1.82, 2.24) is 15.0 Å². The lowest BCUT2D eigenvalue weighted by atomic mass is 10.2. The van der Waals surface area contributed by atoms with Crippen LogP contribution in [0.25, 0.3) is 11.9 Å². The highest BCUT2D eigenvalue weighted by Crippen LogP contribution is 2.22. The lowest BCUT2D eigenvalue weighted by molar-refractivity contribution is -0.123. The summed E-state index contributed by atoms with van der Waals surface area (Å²) in [5.74, 6) is -0.0232. The van der Waals surface area contributed by atoms with Crippen molar-refractivity contribution in [1.29, 1.82) is 0 Å². The highest BCUT2D eigenvalue weighted by molar-refractivity contribution is 6.03. The van der Waals surface area contributed by atoms with E-state index in [1.165, 1.54) is 30.3 Å². The number of carbonyl (C=O) groups excluding carboxylic acids is 2. The van der Waals surface area contributed by atoms with Gasteiger partial charge in [0.15, 0.2) is 5.82 Å². The van der Waals surface area contributed by atoms with Crippen LogP contribution >= 0.6 is 0 Å². The molecule has 0 spiro atoms. The van der Waals surface area contributed by atoms with E-state index in [2.05, 4.69) is 10.5 Å². The third-order valence-corrected chi connectivity index (χ3v) is 4.57. The van der Waals surface area contributed by atoms with Gasteiger partial charge >= 0.3 is 6.18 Å². The molecule has 0 aliphatic heterocycles. The number of amides is 2. The maximum Gasteiger partial charge on any atom is 0.405 e. The van der Waals surface area contributed by atoms with Crippen LogP contribution in [-0.4, -0.2) is 34.3 Å². The van der Waals surface area contributed by atoms with E-state index in [-0.39, 0.29) is 11.3 Å². The van der Waals surface area contributed by atoms with Gasteiger partial charge < -0.3 is 15.2 Å². The second kappa shape index (κ2) is 9.13. The number of aromatic nitrogens is 2. The number of nitrogens with zero attached hydrogens (tertiary/aromatic N) is 2. The Hall–Kier alpha value is -3.82. The maximum absolute atomic E-state index is 12.3. The van der Waals surface area contributed by atoms with Gasteiger partial charge in [-0.05, 0) is 56.7 Å². The first-order valence-electron chi connectivity index (χ1n) is 9.60. The van der Waals surface area contributed by atoms with Gasteiger partial charge in [0.1, 0.15) is 12.3 Å². The van der Waals surface area contributed by atoms with Crippen LogP contribution in [-0.2, 0) is 4.79 Å². The van der Waals surface area contributed by atoms with Gasteiger partial charge in [-0.2, -0.15) is 13.2 Å². The third-order valence-electron chi connectivity index (χ3n) is 4.57. The maximum atomic E-state index is 12.3. The Morgan fingerprint density at radius 3 is 2.56 bits per heavy atom. The van der Waals surface area contributed by atoms with Crippen LogP contribution in [0.15, 0.2) is 47.0 Å². The summed E-state index contributed by atoms with van der Waals surface area (Å²) in [6, 6.07) is 9.36. The lowest BCUT2D eigenvalue weighted by Gasteiger charge is -2.09. The zero-order valence-electron chi connectivity index (χ0n) is 17.6. The van der Waals surface area contributed by atoms with Crippen molar-refractivity contribution in [3.63, 3.8) is 0 Å². The van der Waals surface area contributed by atoms with Crippen LogP contribution in [0.1, 0.15) is 33.1 Å². The van der Waals surface area contributed by atoms with Gasteiger partial charge in [0.25, 0.3) is 5.91 Å². The van der Waals surface area contributed by atoms with E-state index in [0.29, 0.717) is 11.6 Å². The molecule has 2 amide bonds. The average Bonchev–Trinajstić information content (AvgIpc) is 3.26. The molecule has 2 heterocycles. The summed E-state index contributed by atoms with van der Waals surface area (Å²) >= 11 is 0. The van der Waals surface area contributed by atoms with Gasteiger partial charge in [-0.3, -0.25) is 14.2 Å². The first kappa shape index (κ1) is 22.9. The Morgan fingerprint density at radius 1 is 1.16 bits per heavy atom. The van der Waals surface area contributed by atoms with E-state index in [4.69, 9.17) is 4.52 Å². The molecule has 7 nitrogen and oxygen atoms in total. The largest absolute Gasteiger partial charge is 0.405 e. The van der Waals surface area contributed by atoms with Gasteiger partial charge in [0.05, 0.1) is 0 Å². The van der Waals surface area contributed by atoms with E-state index < -0.39 is 24.5 Å². The summed E-state index contributed by atoms with van der Waals surface area (Å²) < 4.78 is 43.8. The molecule has 2 N–H and O–H groups in total. The van der Waals surface area contributed by atoms with Crippen LogP contribution in [0.5, 0.6) is 0 Å². The molecule has 32 heavy (non-hydrogen) atoms. The highest BCUT2D eigenvalue weighted by atomic mass is 19.4. The fourth-order valence-corrected chi connectivity index (χ4v) is 3.14. The highest BCUT2D eigenvalue weighted by Gasteiger charge is 2.27. The molecule has 3 rings (SSSR count). The van der Waals surface area contributed by atoms with Crippen molar-refractivity contribution in [3.05, 3.63) is 70.7 Å². The van der Waals surface area contributed by atoms with Gasteiger partial charge in [-0.1, -0.05) is 11.2 Å². The Kier molecular flexibility index (Phi) is 6.52. The minimum absolute atomic E-state index is 0.00230. The van der Waals surface area contributed by atoms with E-state index in [1.807, 2.05) is 24.5 Å². The van der Waals surface area contributed by atoms with Crippen molar-refractivity contribution < 1.29 is 27.3 Å². The van der Waals surface area contributed by atoms with Crippen LogP contribution in [0.4, 0.5) is 18.9 Å². The topological polar surface area (TPSA) is 89.2 Å². The summed E-state index contributed by atoms with van der Waals surface area (Å²) in [6.07, 6.45) is -1.54. The number of carbonyl (C=O) groups is 2. The molecule has 168 valence electrons. The summed E-state index contributed by atoms with van der Waals surface area (Å²) in [5, 5.41) is 8.39. The second-order valence-corrected chi connectivity index (χ2v) is 7.16. The number of hydrogen-bond acceptors (Lipinski definition) is 4. The van der Waals surface area contributed by atoms with Gasteiger partial charge in [0.2, 0.25) is 5.91 Å². The monoisotopic (exact) mass is 446 g/mol. The number of halogens is 3. The molecular weight excluding hydrogens is 425 g/mol. The Bertz CT molecular complexity index is 1180. The number of alkyl halides is 3. The molecule has 10 heteroatoms. The van der Waals surface area contributed by atoms with Gasteiger partial charge in [-0.15, -0.1) is 0 Å². The smallest absolute Gasteiger partial charge is 0.360 e. The number of rotatable bonds is 6. The lowest BCUT2D eigenvalue weighted by Crippen LogP contribution is -2.33. The predicted molar refractivity (Wildman–Crippen MR) is 113 cm³/mol. The summed E-state index contributed by atoms with van der Waals surface area (Å²) in [5.41, 5.74) is 2.86. The zero-order chi connectivity index (χ0) is 23.5. The fraction of sp³-hybridized carbons (Fsp3) is 0.227. The molecular formula is C22H21F3N4O3. The van der Waals surface area contributed by atoms with Crippen LogP contribution in [0, 0.1) is 20.8 Å². The summed E-state index contributed by atoms with van der Waals surface area (Å²) in [7, 11) is 0. The molecule has 0 radical (unpaired) electrons. The van der Waals surface area contributed by atoms with Crippen molar-refractivity contribution in [2.45, 2.75) is 26.9 Å². The number of benzene rings is 1. The zero-order valence-corrected chi connectivity index (χ0v) is 17.6. The molecule has 1 aromatic carbocycles. The third kappa shape index (κ3) is 5.65. The van der Waals surface area contributed by atoms with Crippen molar-refractivity contribution >= 4 is 23.6 Å². The fourth-order valence-electron chi connectivity index (χ4n) is 3.14. The Morgan fingerprint density at radius 2 is 1.91 bits per heavy atom. The molecule has 0 unspecified atom stereocenters. The first-order valence-corrected chi connectivity index (χ1v) is 9.60. The van der Waals surface area contributed by atoms with Crippen LogP contribution in [0.2, 0.25) is 0 Å². The van der Waals surface area contributed by atoms with Gasteiger partial charge in [0, 0.05) is 34.8 Å². The van der Waals surface area contributed by atoms with E-state index >= 15 is 0 Å². The SMILES string of the molecule is Cc1cc(-n2c(C)cc(/C=C/C(=O)Nc3cccc(C(=O)NCC(F)(F)F)c3)c2C)no1. The van der Waals surface area contributed by atoms with Crippen LogP contribution in [0.3, 0.4) is 0 Å². The molecule has 0 fully saturated rings. The van der Waals surface area contributed by atoms with E-state index in [0.717, 1.165) is 17.0 Å². The van der Waals surface area contributed by atoms with Crippen LogP contribution < -0.4 is 10.6 Å². The summed E-state index contributed by atoms with van der Waals surface area (Å²) in [6.45, 7) is 4.16. The Labute approximate surface area is 181 Å². The second-order valence-electron chi connectivity index (χ2n) is 7.16. The summed E-state index contributed by atoms with van der Waals surface area (Å²) in [4.78, 5) is 24.2.